The van der Waals surface area contributed by atoms with Crippen molar-refractivity contribution in [2.45, 2.75) is 44.9 Å². The van der Waals surface area contributed by atoms with Gasteiger partial charge < -0.3 is 14.2 Å². The van der Waals surface area contributed by atoms with E-state index in [0.29, 0.717) is 33.4 Å². The number of hydrogen-bond donors (Lipinski definition) is 0. The van der Waals surface area contributed by atoms with Gasteiger partial charge in [-0.05, 0) is 140 Å². The molecule has 0 bridgehead atoms. The van der Waals surface area contributed by atoms with E-state index < -0.39 is 11.2 Å². The van der Waals surface area contributed by atoms with Crippen LogP contribution in [0.2, 0.25) is 0 Å². The van der Waals surface area contributed by atoms with Gasteiger partial charge >= 0.3 is 0 Å². The van der Waals surface area contributed by atoms with Crippen molar-refractivity contribution in [2.75, 3.05) is 9.80 Å². The molecule has 0 saturated carbocycles. The van der Waals surface area contributed by atoms with Gasteiger partial charge in [-0.1, -0.05) is 276 Å². The Morgan fingerprint density at radius 1 is 0.381 bits per heavy atom. The summed E-state index contributed by atoms with van der Waals surface area (Å²) in [4.78, 5) is 4.60. The lowest BCUT2D eigenvalue weighted by Gasteiger charge is -2.37. The number of furan rings is 1. The summed E-state index contributed by atoms with van der Waals surface area (Å²) in [5, 5.41) is 3.13. The van der Waals surface area contributed by atoms with Crippen molar-refractivity contribution < 1.29 is 13.2 Å². The number of nitrogens with zero attached hydrogens (tertiary/aromatic N) is 2. The predicted octanol–water partition coefficient (Wildman–Crippen LogP) is 26.4. The molecule has 1 aliphatic carbocycles. The molecule has 0 radical (unpaired) electrons. The summed E-state index contributed by atoms with van der Waals surface area (Å²) in [5.74, 6) is -0.239. The molecule has 2 heterocycles. The zero-order valence-corrected chi connectivity index (χ0v) is 55.0. The van der Waals surface area contributed by atoms with Gasteiger partial charge in [0.1, 0.15) is 17.0 Å². The lowest BCUT2D eigenvalue weighted by atomic mass is 9.67. The Morgan fingerprint density at radius 3 is 1.36 bits per heavy atom. The molecule has 0 aliphatic heterocycles. The van der Waals surface area contributed by atoms with Crippen LogP contribution in [0.3, 0.4) is 0 Å². The summed E-state index contributed by atoms with van der Waals surface area (Å²) < 4.78 is 47.6. The molecule has 0 atom stereocenters. The standard InChI is InChI=1S/C91H66F2N2OS/c1-57(2)59-39-46-70(47-40-59)94(77-53-65(61-25-11-5-12-26-61)43-50-72(77)63-29-15-7-16-30-63)79-56-76-84(82-75-52-45-69(92)55-81(75)97-90(79)82)85-86(91(76,67-33-19-9-20-34-67)68-35-21-10-22-36-68)87(93)88(83-74-37-23-24-38-80(74)96-89(83)85)95(71-48-41-60(42-49-71)58(3)4)78-54-66(62-27-13-6-14-28-62)44-51-73(78)64-31-17-8-18-32-64/h5-58H,1-4H3. The van der Waals surface area contributed by atoms with Gasteiger partial charge in [-0.25, -0.2) is 8.78 Å². The van der Waals surface area contributed by atoms with Gasteiger partial charge in [-0.15, -0.1) is 11.3 Å². The monoisotopic (exact) mass is 1270 g/mol. The number of halogens is 2. The Kier molecular flexibility index (Phi) is 14.7. The van der Waals surface area contributed by atoms with Crippen LogP contribution in [0.5, 0.6) is 0 Å². The third-order valence-electron chi connectivity index (χ3n) is 19.8. The fourth-order valence-corrected chi connectivity index (χ4v) is 16.4. The smallest absolute Gasteiger partial charge is 0.153 e. The molecule has 14 aromatic carbocycles. The van der Waals surface area contributed by atoms with Crippen LogP contribution in [0.15, 0.2) is 320 Å². The van der Waals surface area contributed by atoms with Gasteiger partial charge in [0.25, 0.3) is 0 Å². The first-order valence-electron chi connectivity index (χ1n) is 33.4. The molecule has 0 spiro atoms. The average Bonchev–Trinajstić information content (AvgIpc) is 1.50. The molecule has 0 unspecified atom stereocenters. The topological polar surface area (TPSA) is 19.6 Å². The van der Waals surface area contributed by atoms with Crippen LogP contribution in [0.4, 0.5) is 42.9 Å². The van der Waals surface area contributed by atoms with Crippen LogP contribution in [-0.4, -0.2) is 0 Å². The molecule has 6 heteroatoms. The van der Waals surface area contributed by atoms with Crippen molar-refractivity contribution in [3.05, 3.63) is 360 Å². The molecule has 1 aliphatic rings. The number of para-hydroxylation sites is 1. The minimum atomic E-state index is -1.40. The van der Waals surface area contributed by atoms with E-state index in [-0.39, 0.29) is 17.7 Å². The van der Waals surface area contributed by atoms with Crippen molar-refractivity contribution in [3.63, 3.8) is 0 Å². The zero-order chi connectivity index (χ0) is 65.5. The maximum atomic E-state index is 21.8. The van der Waals surface area contributed by atoms with Crippen molar-refractivity contribution in [2.24, 2.45) is 0 Å². The fourth-order valence-electron chi connectivity index (χ4n) is 15.2. The maximum absolute atomic E-state index is 21.8. The second kappa shape index (κ2) is 24.1. The van der Waals surface area contributed by atoms with Crippen LogP contribution < -0.4 is 9.80 Å². The Morgan fingerprint density at radius 2 is 0.845 bits per heavy atom. The van der Waals surface area contributed by atoms with E-state index in [1.807, 2.05) is 48.5 Å². The van der Waals surface area contributed by atoms with Gasteiger partial charge in [0, 0.05) is 60.1 Å². The summed E-state index contributed by atoms with van der Waals surface area (Å²) >= 11 is 1.57. The van der Waals surface area contributed by atoms with E-state index in [1.54, 1.807) is 23.5 Å². The van der Waals surface area contributed by atoms with Gasteiger partial charge in [0.2, 0.25) is 0 Å². The average molecular weight is 1270 g/mol. The zero-order valence-electron chi connectivity index (χ0n) is 54.1. The summed E-state index contributed by atoms with van der Waals surface area (Å²) in [5.41, 5.74) is 19.4. The third-order valence-corrected chi connectivity index (χ3v) is 21.0. The largest absolute Gasteiger partial charge is 0.455 e. The van der Waals surface area contributed by atoms with Crippen LogP contribution in [0.1, 0.15) is 72.9 Å². The molecular weight excluding hydrogens is 1210 g/mol. The molecule has 3 nitrogen and oxygen atoms in total. The second-order valence-electron chi connectivity index (χ2n) is 26.1. The SMILES string of the molecule is CC(C)c1ccc(N(c2cc(-c3ccccc3)ccc2-c2ccccc2)c2cc3c(c4c2sc2cc(F)ccc24)-c2c(c(F)c(N(c4ccc(C(C)C)cc4)c4cc(-c5ccccc5)ccc4-c4ccccc4)c4c2oc2ccccc24)C3(c2ccccc2)c2ccccc2)cc1. The van der Waals surface area contributed by atoms with E-state index in [4.69, 9.17) is 4.42 Å². The summed E-state index contributed by atoms with van der Waals surface area (Å²) in [7, 11) is 0. The fraction of sp³-hybridized carbons (Fsp3) is 0.0769. The number of hydrogen-bond acceptors (Lipinski definition) is 4. The Hall–Kier alpha value is -11.4. The first-order valence-corrected chi connectivity index (χ1v) is 34.2. The van der Waals surface area contributed by atoms with Crippen LogP contribution in [0, 0.1) is 11.6 Å². The first-order chi connectivity index (χ1) is 47.6. The summed E-state index contributed by atoms with van der Waals surface area (Å²) in [6, 6.07) is 110. The van der Waals surface area contributed by atoms with Crippen LogP contribution in [-0.2, 0) is 5.41 Å². The number of thiophene rings is 1. The lowest BCUT2D eigenvalue weighted by Crippen LogP contribution is -2.30. The highest BCUT2D eigenvalue weighted by Gasteiger charge is 2.53. The van der Waals surface area contributed by atoms with Crippen molar-refractivity contribution in [3.8, 4) is 55.6 Å². The molecule has 466 valence electrons. The summed E-state index contributed by atoms with van der Waals surface area (Å²) in [6.07, 6.45) is 0. The molecule has 2 aromatic heterocycles. The van der Waals surface area contributed by atoms with Crippen molar-refractivity contribution in [1.82, 2.24) is 0 Å². The van der Waals surface area contributed by atoms with Gasteiger partial charge in [-0.2, -0.15) is 0 Å². The van der Waals surface area contributed by atoms with E-state index in [2.05, 4.69) is 292 Å². The minimum absolute atomic E-state index is 0.236. The van der Waals surface area contributed by atoms with Crippen molar-refractivity contribution >= 4 is 87.6 Å². The number of benzene rings is 14. The normalized spacial score (nSPS) is 12.5. The number of fused-ring (bicyclic) bond motifs is 11. The number of anilines is 6. The van der Waals surface area contributed by atoms with Crippen LogP contribution in [0.25, 0.3) is 97.7 Å². The highest BCUT2D eigenvalue weighted by atomic mass is 32.1. The van der Waals surface area contributed by atoms with Gasteiger partial charge in [0.15, 0.2) is 5.82 Å². The van der Waals surface area contributed by atoms with E-state index >= 15 is 8.78 Å². The minimum Gasteiger partial charge on any atom is -0.455 e. The lowest BCUT2D eigenvalue weighted by molar-refractivity contribution is 0.589. The van der Waals surface area contributed by atoms with E-state index in [0.717, 1.165) is 126 Å². The molecule has 16 aromatic rings. The molecule has 0 amide bonds. The molecule has 0 saturated heterocycles. The summed E-state index contributed by atoms with van der Waals surface area (Å²) in [6.45, 7) is 8.86. The second-order valence-corrected chi connectivity index (χ2v) is 27.1. The van der Waals surface area contributed by atoms with Gasteiger partial charge in [-0.3, -0.25) is 0 Å². The van der Waals surface area contributed by atoms with E-state index in [9.17, 15) is 0 Å². The Labute approximate surface area is 568 Å². The van der Waals surface area contributed by atoms with Gasteiger partial charge in [0.05, 0.1) is 38.3 Å². The van der Waals surface area contributed by atoms with Crippen LogP contribution >= 0.6 is 11.3 Å². The molecule has 97 heavy (non-hydrogen) atoms. The predicted molar refractivity (Wildman–Crippen MR) is 403 cm³/mol. The maximum Gasteiger partial charge on any atom is 0.153 e. The van der Waals surface area contributed by atoms with Crippen molar-refractivity contribution in [1.29, 1.82) is 0 Å². The molecular formula is C91H66F2N2OS. The highest BCUT2D eigenvalue weighted by molar-refractivity contribution is 7.26. The number of rotatable bonds is 14. The Bertz CT molecular complexity index is 5600. The molecule has 0 N–H and O–H groups in total. The Balaban J connectivity index is 1.08. The first kappa shape index (κ1) is 59.3. The third kappa shape index (κ3) is 9.80. The molecule has 0 fully saturated rings. The highest BCUT2D eigenvalue weighted by Crippen LogP contribution is 2.66. The quantitative estimate of drug-likeness (QED) is 0.108. The molecule has 17 rings (SSSR count). The van der Waals surface area contributed by atoms with E-state index in [1.165, 1.54) is 5.56 Å².